The summed E-state index contributed by atoms with van der Waals surface area (Å²) in [6.45, 7) is 0.954. The molecule has 0 aromatic heterocycles. The van der Waals surface area contributed by atoms with Gasteiger partial charge in [-0.2, -0.15) is 0 Å². The SMILES string of the molecule is COc1ccc(CCN2C[C@@H](C(=O)Nc3ccc4c(c3)OC3(CCCC3)O4)CC2=O)cc1OC. The molecule has 5 rings (SSSR count). The summed E-state index contributed by atoms with van der Waals surface area (Å²) in [4.78, 5) is 27.2. The van der Waals surface area contributed by atoms with Crippen molar-refractivity contribution in [2.75, 3.05) is 32.6 Å². The number of methoxy groups -OCH3 is 2. The first kappa shape index (κ1) is 22.4. The van der Waals surface area contributed by atoms with E-state index >= 15 is 0 Å². The number of carbonyl (C=O) groups is 2. The number of hydrogen-bond donors (Lipinski definition) is 1. The number of carbonyl (C=O) groups excluding carboxylic acids is 2. The highest BCUT2D eigenvalue weighted by molar-refractivity contribution is 5.97. The molecule has 0 unspecified atom stereocenters. The Labute approximate surface area is 199 Å². The lowest BCUT2D eigenvalue weighted by Gasteiger charge is -2.21. The molecule has 1 N–H and O–H groups in total. The molecular formula is C26H30N2O6. The molecule has 0 bridgehead atoms. The minimum absolute atomic E-state index is 0.00510. The number of benzene rings is 2. The monoisotopic (exact) mass is 466 g/mol. The highest BCUT2D eigenvalue weighted by Crippen LogP contribution is 2.47. The lowest BCUT2D eigenvalue weighted by atomic mass is 10.1. The van der Waals surface area contributed by atoms with Gasteiger partial charge in [0.05, 0.1) is 20.1 Å². The van der Waals surface area contributed by atoms with Gasteiger partial charge in [-0.05, 0) is 49.1 Å². The fourth-order valence-corrected chi connectivity index (χ4v) is 5.00. The summed E-state index contributed by atoms with van der Waals surface area (Å²) in [5.74, 6) is 1.64. The number of hydrogen-bond acceptors (Lipinski definition) is 6. The van der Waals surface area contributed by atoms with E-state index in [0.29, 0.717) is 42.4 Å². The Bertz CT molecular complexity index is 1090. The van der Waals surface area contributed by atoms with E-state index in [-0.39, 0.29) is 24.2 Å². The fraction of sp³-hybridized carbons (Fsp3) is 0.462. The van der Waals surface area contributed by atoms with Crippen LogP contribution in [0.2, 0.25) is 0 Å². The molecule has 2 heterocycles. The van der Waals surface area contributed by atoms with Crippen LogP contribution in [0.1, 0.15) is 37.7 Å². The minimum Gasteiger partial charge on any atom is -0.493 e. The molecule has 1 aliphatic carbocycles. The van der Waals surface area contributed by atoms with E-state index in [0.717, 1.165) is 37.0 Å². The third-order valence-electron chi connectivity index (χ3n) is 6.87. The number of rotatable bonds is 7. The Hall–Kier alpha value is -3.42. The van der Waals surface area contributed by atoms with E-state index in [1.165, 1.54) is 0 Å². The normalized spacial score (nSPS) is 20.1. The average molecular weight is 467 g/mol. The van der Waals surface area contributed by atoms with Crippen LogP contribution in [0.5, 0.6) is 23.0 Å². The van der Waals surface area contributed by atoms with Gasteiger partial charge in [-0.1, -0.05) is 6.07 Å². The number of anilines is 1. The van der Waals surface area contributed by atoms with Crippen molar-refractivity contribution in [3.05, 3.63) is 42.0 Å². The Morgan fingerprint density at radius 3 is 2.59 bits per heavy atom. The van der Waals surface area contributed by atoms with Crippen LogP contribution in [-0.2, 0) is 16.0 Å². The van der Waals surface area contributed by atoms with Gasteiger partial charge < -0.3 is 29.2 Å². The Balaban J connectivity index is 1.16. The molecule has 1 saturated heterocycles. The third-order valence-corrected chi connectivity index (χ3v) is 6.87. The molecule has 1 spiro atoms. The Morgan fingerprint density at radius 2 is 1.82 bits per heavy atom. The number of nitrogens with zero attached hydrogens (tertiary/aromatic N) is 1. The fourth-order valence-electron chi connectivity index (χ4n) is 5.00. The summed E-state index contributed by atoms with van der Waals surface area (Å²) in [6.07, 6.45) is 4.83. The van der Waals surface area contributed by atoms with E-state index in [1.807, 2.05) is 36.4 Å². The van der Waals surface area contributed by atoms with Gasteiger partial charge in [0.25, 0.3) is 5.79 Å². The predicted molar refractivity (Wildman–Crippen MR) is 125 cm³/mol. The number of likely N-dealkylation sites (tertiary alicyclic amines) is 1. The maximum absolute atomic E-state index is 12.9. The van der Waals surface area contributed by atoms with Crippen LogP contribution in [0.3, 0.4) is 0 Å². The van der Waals surface area contributed by atoms with Crippen LogP contribution in [-0.4, -0.2) is 49.8 Å². The van der Waals surface area contributed by atoms with Crippen LogP contribution in [0, 0.1) is 5.92 Å². The number of amides is 2. The molecule has 2 amide bonds. The standard InChI is InChI=1S/C26H30N2O6/c1-31-20-7-5-17(13-22(20)32-2)9-12-28-16-18(14-24(28)29)25(30)27-19-6-8-21-23(15-19)34-26(33-21)10-3-4-11-26/h5-8,13,15,18H,3-4,9-12,14,16H2,1-2H3,(H,27,30)/t18-/m0/s1. The zero-order valence-electron chi connectivity index (χ0n) is 19.6. The molecule has 2 aromatic rings. The van der Waals surface area contributed by atoms with Gasteiger partial charge in [-0.3, -0.25) is 9.59 Å². The van der Waals surface area contributed by atoms with Crippen molar-refractivity contribution in [3.63, 3.8) is 0 Å². The average Bonchev–Trinajstić information content (AvgIpc) is 3.55. The molecule has 8 nitrogen and oxygen atoms in total. The summed E-state index contributed by atoms with van der Waals surface area (Å²) in [6, 6.07) is 11.2. The molecule has 2 aromatic carbocycles. The van der Waals surface area contributed by atoms with Crippen molar-refractivity contribution >= 4 is 17.5 Å². The second-order valence-corrected chi connectivity index (χ2v) is 9.15. The van der Waals surface area contributed by atoms with E-state index in [9.17, 15) is 9.59 Å². The number of fused-ring (bicyclic) bond motifs is 1. The quantitative estimate of drug-likeness (QED) is 0.669. The smallest absolute Gasteiger partial charge is 0.251 e. The van der Waals surface area contributed by atoms with Gasteiger partial charge >= 0.3 is 0 Å². The number of nitrogens with one attached hydrogen (secondary N) is 1. The summed E-state index contributed by atoms with van der Waals surface area (Å²) >= 11 is 0. The maximum Gasteiger partial charge on any atom is 0.251 e. The van der Waals surface area contributed by atoms with Crippen LogP contribution >= 0.6 is 0 Å². The van der Waals surface area contributed by atoms with Crippen molar-refractivity contribution in [2.45, 2.75) is 44.3 Å². The second-order valence-electron chi connectivity index (χ2n) is 9.15. The lowest BCUT2D eigenvalue weighted by Crippen LogP contribution is -2.34. The summed E-state index contributed by atoms with van der Waals surface area (Å²) < 4.78 is 22.8. The highest BCUT2D eigenvalue weighted by Gasteiger charge is 2.44. The maximum atomic E-state index is 12.9. The van der Waals surface area contributed by atoms with Crippen LogP contribution in [0.25, 0.3) is 0 Å². The van der Waals surface area contributed by atoms with Gasteiger partial charge in [0.1, 0.15) is 0 Å². The molecule has 0 radical (unpaired) electrons. The van der Waals surface area contributed by atoms with E-state index in [2.05, 4.69) is 5.32 Å². The van der Waals surface area contributed by atoms with Crippen molar-refractivity contribution in [1.82, 2.24) is 4.90 Å². The van der Waals surface area contributed by atoms with Crippen molar-refractivity contribution in [1.29, 1.82) is 0 Å². The van der Waals surface area contributed by atoms with Crippen LogP contribution in [0.4, 0.5) is 5.69 Å². The van der Waals surface area contributed by atoms with Gasteiger partial charge in [-0.15, -0.1) is 0 Å². The zero-order chi connectivity index (χ0) is 23.7. The summed E-state index contributed by atoms with van der Waals surface area (Å²) in [5.41, 5.74) is 1.69. The van der Waals surface area contributed by atoms with Crippen molar-refractivity contribution in [3.8, 4) is 23.0 Å². The second kappa shape index (κ2) is 9.08. The molecule has 3 aliphatic rings. The van der Waals surface area contributed by atoms with Gasteiger partial charge in [0.15, 0.2) is 23.0 Å². The molecule has 1 atom stereocenters. The van der Waals surface area contributed by atoms with E-state index < -0.39 is 5.79 Å². The molecule has 8 heteroatoms. The largest absolute Gasteiger partial charge is 0.493 e. The Morgan fingerprint density at radius 1 is 1.06 bits per heavy atom. The molecule has 2 fully saturated rings. The number of ether oxygens (including phenoxy) is 4. The molecule has 180 valence electrons. The third kappa shape index (κ3) is 4.36. The molecule has 2 aliphatic heterocycles. The first-order valence-electron chi connectivity index (χ1n) is 11.8. The summed E-state index contributed by atoms with van der Waals surface area (Å²) in [5, 5.41) is 2.95. The topological polar surface area (TPSA) is 86.3 Å². The van der Waals surface area contributed by atoms with E-state index in [1.54, 1.807) is 19.1 Å². The molecule has 34 heavy (non-hydrogen) atoms. The minimum atomic E-state index is -0.531. The predicted octanol–water partition coefficient (Wildman–Crippen LogP) is 3.78. The van der Waals surface area contributed by atoms with Crippen LogP contribution < -0.4 is 24.3 Å². The lowest BCUT2D eigenvalue weighted by molar-refractivity contribution is -0.128. The zero-order valence-corrected chi connectivity index (χ0v) is 19.6. The Kier molecular flexibility index (Phi) is 5.98. The summed E-state index contributed by atoms with van der Waals surface area (Å²) in [7, 11) is 3.20. The van der Waals surface area contributed by atoms with Crippen molar-refractivity contribution in [2.24, 2.45) is 5.92 Å². The first-order chi connectivity index (χ1) is 16.5. The van der Waals surface area contributed by atoms with Gasteiger partial charge in [0, 0.05) is 44.1 Å². The highest BCUT2D eigenvalue weighted by atomic mass is 16.7. The van der Waals surface area contributed by atoms with Gasteiger partial charge in [0.2, 0.25) is 11.8 Å². The van der Waals surface area contributed by atoms with Crippen molar-refractivity contribution < 1.29 is 28.5 Å². The molecular weight excluding hydrogens is 436 g/mol. The van der Waals surface area contributed by atoms with Gasteiger partial charge in [-0.25, -0.2) is 0 Å². The van der Waals surface area contributed by atoms with E-state index in [4.69, 9.17) is 18.9 Å². The first-order valence-corrected chi connectivity index (χ1v) is 11.8. The van der Waals surface area contributed by atoms with Crippen LogP contribution in [0.15, 0.2) is 36.4 Å². The molecule has 1 saturated carbocycles.